The van der Waals surface area contributed by atoms with Gasteiger partial charge in [0.1, 0.15) is 25.4 Å². The number of ether oxygens (including phenoxy) is 6. The lowest BCUT2D eigenvalue weighted by molar-refractivity contribution is -0.139. The minimum absolute atomic E-state index is 0.00576. The lowest BCUT2D eigenvalue weighted by atomic mass is 10.3. The molecule has 0 amide bonds. The van der Waals surface area contributed by atoms with E-state index >= 15 is 0 Å². The first-order valence-corrected chi connectivity index (χ1v) is 8.89. The van der Waals surface area contributed by atoms with E-state index in [0.29, 0.717) is 12.8 Å². The van der Waals surface area contributed by atoms with Crippen molar-refractivity contribution in [3.05, 3.63) is 12.7 Å². The van der Waals surface area contributed by atoms with Gasteiger partial charge in [0.25, 0.3) is 0 Å². The van der Waals surface area contributed by atoms with Gasteiger partial charge in [0, 0.05) is 6.08 Å². The zero-order valence-corrected chi connectivity index (χ0v) is 16.4. The molecule has 0 bridgehead atoms. The average Bonchev–Trinajstić information content (AvgIpc) is 2.64. The van der Waals surface area contributed by atoms with Crippen molar-refractivity contribution >= 4 is 18.3 Å². The van der Waals surface area contributed by atoms with Gasteiger partial charge >= 0.3 is 18.3 Å². The average molecular weight is 390 g/mol. The maximum atomic E-state index is 11.8. The summed E-state index contributed by atoms with van der Waals surface area (Å²) in [5.74, 6) is -0.570. The van der Waals surface area contributed by atoms with E-state index in [1.54, 1.807) is 13.8 Å². The summed E-state index contributed by atoms with van der Waals surface area (Å²) in [5.41, 5.74) is 0. The quantitative estimate of drug-likeness (QED) is 0.203. The fraction of sp³-hybridized carbons (Fsp3) is 0.722. The van der Waals surface area contributed by atoms with Crippen LogP contribution in [-0.2, 0) is 33.2 Å². The second-order valence-electron chi connectivity index (χ2n) is 5.67. The number of hydrogen-bond acceptors (Lipinski definition) is 9. The van der Waals surface area contributed by atoms with Gasteiger partial charge in [-0.1, -0.05) is 20.4 Å². The maximum absolute atomic E-state index is 11.8. The third-order valence-corrected chi connectivity index (χ3v) is 3.34. The number of carbonyl (C=O) groups is 3. The van der Waals surface area contributed by atoms with Crippen LogP contribution in [0.4, 0.5) is 9.59 Å². The normalized spacial score (nSPS) is 13.6. The Labute approximate surface area is 159 Å². The molecule has 0 spiro atoms. The number of esters is 1. The summed E-state index contributed by atoms with van der Waals surface area (Å²) in [6, 6.07) is 0. The summed E-state index contributed by atoms with van der Waals surface area (Å²) >= 11 is 0. The molecule has 0 aromatic rings. The molecule has 0 radical (unpaired) electrons. The molecule has 0 rings (SSSR count). The van der Waals surface area contributed by atoms with Crippen LogP contribution in [0.5, 0.6) is 0 Å². The number of hydrogen-bond donors (Lipinski definition) is 0. The second kappa shape index (κ2) is 14.8. The molecule has 3 atom stereocenters. The van der Waals surface area contributed by atoms with E-state index in [2.05, 4.69) is 6.58 Å². The van der Waals surface area contributed by atoms with Gasteiger partial charge in [-0.2, -0.15) is 0 Å². The summed E-state index contributed by atoms with van der Waals surface area (Å²) in [4.78, 5) is 34.3. The van der Waals surface area contributed by atoms with E-state index in [1.165, 1.54) is 0 Å². The Morgan fingerprint density at radius 3 is 2.00 bits per heavy atom. The van der Waals surface area contributed by atoms with Gasteiger partial charge in [-0.05, 0) is 26.7 Å². The predicted molar refractivity (Wildman–Crippen MR) is 95.3 cm³/mol. The summed E-state index contributed by atoms with van der Waals surface area (Å²) < 4.78 is 30.1. The third kappa shape index (κ3) is 13.6. The molecule has 27 heavy (non-hydrogen) atoms. The van der Waals surface area contributed by atoms with E-state index in [4.69, 9.17) is 28.4 Å². The van der Waals surface area contributed by atoms with Crippen LogP contribution in [0.1, 0.15) is 40.5 Å². The highest BCUT2D eigenvalue weighted by Crippen LogP contribution is 2.05. The predicted octanol–water partition coefficient (Wildman–Crippen LogP) is 3.00. The van der Waals surface area contributed by atoms with Crippen molar-refractivity contribution in [2.45, 2.75) is 58.8 Å². The smallest absolute Gasteiger partial charge is 0.460 e. The molecule has 0 saturated carbocycles. The van der Waals surface area contributed by atoms with Crippen LogP contribution in [0, 0.1) is 0 Å². The number of carbonyl (C=O) groups excluding carboxylic acids is 3. The highest BCUT2D eigenvalue weighted by molar-refractivity contribution is 5.81. The van der Waals surface area contributed by atoms with Gasteiger partial charge in [-0.15, -0.1) is 0 Å². The largest absolute Gasteiger partial charge is 0.509 e. The Hall–Kier alpha value is -2.29. The molecule has 0 aromatic carbocycles. The first-order valence-electron chi connectivity index (χ1n) is 8.89. The fourth-order valence-corrected chi connectivity index (χ4v) is 1.45. The molecule has 0 saturated heterocycles. The van der Waals surface area contributed by atoms with Crippen molar-refractivity contribution in [2.24, 2.45) is 0 Å². The summed E-state index contributed by atoms with van der Waals surface area (Å²) in [6.07, 6.45) is -0.958. The van der Waals surface area contributed by atoms with E-state index < -0.39 is 24.4 Å². The van der Waals surface area contributed by atoms with Crippen LogP contribution in [0.25, 0.3) is 0 Å². The Morgan fingerprint density at radius 2 is 1.44 bits per heavy atom. The summed E-state index contributed by atoms with van der Waals surface area (Å²) in [7, 11) is 0. The van der Waals surface area contributed by atoms with Crippen molar-refractivity contribution < 1.29 is 42.8 Å². The molecule has 156 valence electrons. The van der Waals surface area contributed by atoms with Crippen molar-refractivity contribution in [2.75, 3.05) is 26.4 Å². The van der Waals surface area contributed by atoms with Crippen LogP contribution in [-0.4, -0.2) is 63.0 Å². The third-order valence-electron chi connectivity index (χ3n) is 3.34. The fourth-order valence-electron chi connectivity index (χ4n) is 1.45. The van der Waals surface area contributed by atoms with Gasteiger partial charge in [0.2, 0.25) is 0 Å². The first-order chi connectivity index (χ1) is 12.8. The van der Waals surface area contributed by atoms with Crippen LogP contribution in [0.2, 0.25) is 0 Å². The van der Waals surface area contributed by atoms with Gasteiger partial charge in [-0.3, -0.25) is 0 Å². The SMILES string of the molecule is C=CC(=O)OCCOCC(COC(=O)OC(C)CC)OC(=O)OC(C)CC. The first kappa shape index (κ1) is 24.7. The molecule has 0 aromatic heterocycles. The van der Waals surface area contributed by atoms with E-state index in [9.17, 15) is 14.4 Å². The molecule has 0 fully saturated rings. The molecular weight excluding hydrogens is 360 g/mol. The Bertz CT molecular complexity index is 464. The van der Waals surface area contributed by atoms with E-state index in [-0.39, 0.29) is 38.6 Å². The van der Waals surface area contributed by atoms with Gasteiger partial charge in [0.15, 0.2) is 6.10 Å². The van der Waals surface area contributed by atoms with Crippen LogP contribution >= 0.6 is 0 Å². The highest BCUT2D eigenvalue weighted by Gasteiger charge is 2.21. The minimum atomic E-state index is -0.902. The van der Waals surface area contributed by atoms with Crippen molar-refractivity contribution in [1.82, 2.24) is 0 Å². The standard InChI is InChI=1S/C18H30O9/c1-6-13(4)25-17(20)24-12-15(27-18(21)26-14(5)7-2)11-22-9-10-23-16(19)8-3/h8,13-15H,3,6-7,9-12H2,1-2,4-5H3. The molecular formula is C18H30O9. The second-order valence-corrected chi connectivity index (χ2v) is 5.67. The maximum Gasteiger partial charge on any atom is 0.509 e. The van der Waals surface area contributed by atoms with Gasteiger partial charge < -0.3 is 28.4 Å². The summed E-state index contributed by atoms with van der Waals surface area (Å²) in [5, 5.41) is 0. The molecule has 0 heterocycles. The molecule has 9 nitrogen and oxygen atoms in total. The lowest BCUT2D eigenvalue weighted by Crippen LogP contribution is -2.32. The molecule has 0 aliphatic heterocycles. The zero-order chi connectivity index (χ0) is 20.7. The van der Waals surface area contributed by atoms with Gasteiger partial charge in [-0.25, -0.2) is 14.4 Å². The van der Waals surface area contributed by atoms with Crippen LogP contribution in [0.3, 0.4) is 0 Å². The molecule has 0 aliphatic rings. The lowest BCUT2D eigenvalue weighted by Gasteiger charge is -2.19. The topological polar surface area (TPSA) is 107 Å². The molecule has 0 aliphatic carbocycles. The monoisotopic (exact) mass is 390 g/mol. The summed E-state index contributed by atoms with van der Waals surface area (Å²) in [6.45, 7) is 10.2. The van der Waals surface area contributed by atoms with Crippen molar-refractivity contribution in [3.8, 4) is 0 Å². The molecule has 0 N–H and O–H groups in total. The minimum Gasteiger partial charge on any atom is -0.460 e. The van der Waals surface area contributed by atoms with Crippen LogP contribution in [0.15, 0.2) is 12.7 Å². The van der Waals surface area contributed by atoms with E-state index in [1.807, 2.05) is 13.8 Å². The van der Waals surface area contributed by atoms with Crippen LogP contribution < -0.4 is 0 Å². The Kier molecular flexibility index (Phi) is 13.6. The molecule has 9 heteroatoms. The van der Waals surface area contributed by atoms with E-state index in [0.717, 1.165) is 6.08 Å². The molecule has 3 unspecified atom stereocenters. The van der Waals surface area contributed by atoms with Crippen molar-refractivity contribution in [1.29, 1.82) is 0 Å². The Morgan fingerprint density at radius 1 is 0.852 bits per heavy atom. The number of rotatable bonds is 13. The van der Waals surface area contributed by atoms with Crippen molar-refractivity contribution in [3.63, 3.8) is 0 Å². The zero-order valence-electron chi connectivity index (χ0n) is 16.4. The Balaban J connectivity index is 4.42. The highest BCUT2D eigenvalue weighted by atomic mass is 16.8. The van der Waals surface area contributed by atoms with Gasteiger partial charge in [0.05, 0.1) is 13.2 Å².